The number of benzene rings is 1. The lowest BCUT2D eigenvalue weighted by molar-refractivity contribution is -0.132. The van der Waals surface area contributed by atoms with Gasteiger partial charge in [0, 0.05) is 0 Å². The van der Waals surface area contributed by atoms with Crippen molar-refractivity contribution in [2.24, 2.45) is 0 Å². The predicted octanol–water partition coefficient (Wildman–Crippen LogP) is 2.63. The quantitative estimate of drug-likeness (QED) is 0.490. The summed E-state index contributed by atoms with van der Waals surface area (Å²) in [6.45, 7) is 2.52. The summed E-state index contributed by atoms with van der Waals surface area (Å²) in [7, 11) is 0. The molecule has 18 heavy (non-hydrogen) atoms. The molecule has 0 unspecified atom stereocenters. The van der Waals surface area contributed by atoms with Crippen LogP contribution in [0.5, 0.6) is 5.75 Å². The maximum Gasteiger partial charge on any atom is 0.346 e. The molecule has 4 nitrogen and oxygen atoms in total. The van der Waals surface area contributed by atoms with E-state index in [4.69, 9.17) is 15.1 Å². The maximum atomic E-state index is 10.5. The average molecular weight is 243 g/mol. The van der Waals surface area contributed by atoms with E-state index >= 15 is 0 Å². The highest BCUT2D eigenvalue weighted by atomic mass is 16.5. The molecule has 0 saturated carbocycles. The zero-order chi connectivity index (χ0) is 13.4. The predicted molar refractivity (Wildman–Crippen MR) is 68.0 cm³/mol. The first kappa shape index (κ1) is 13.5. The normalized spacial score (nSPS) is 11.2. The SMILES string of the molecule is CCOc1ccc(/C=C/C=C(\C#N)C(=O)O)cc1. The van der Waals surface area contributed by atoms with E-state index in [0.717, 1.165) is 11.3 Å². The van der Waals surface area contributed by atoms with Crippen LogP contribution in [0.2, 0.25) is 0 Å². The first-order valence-electron chi connectivity index (χ1n) is 5.42. The molecule has 0 spiro atoms. The first-order valence-corrected chi connectivity index (χ1v) is 5.42. The molecule has 0 aliphatic carbocycles. The molecule has 1 N–H and O–H groups in total. The van der Waals surface area contributed by atoms with E-state index < -0.39 is 5.97 Å². The molecular weight excluding hydrogens is 230 g/mol. The summed E-state index contributed by atoms with van der Waals surface area (Å²) in [6.07, 6.45) is 4.51. The van der Waals surface area contributed by atoms with Crippen molar-refractivity contribution in [1.82, 2.24) is 0 Å². The number of allylic oxidation sites excluding steroid dienone is 2. The number of rotatable bonds is 5. The second kappa shape index (κ2) is 6.92. The third-order valence-corrected chi connectivity index (χ3v) is 2.09. The Kier molecular flexibility index (Phi) is 5.20. The van der Waals surface area contributed by atoms with Crippen molar-refractivity contribution < 1.29 is 14.6 Å². The highest BCUT2D eigenvalue weighted by molar-refractivity contribution is 5.91. The minimum Gasteiger partial charge on any atom is -0.494 e. The Bertz CT molecular complexity index is 507. The number of ether oxygens (including phenoxy) is 1. The van der Waals surface area contributed by atoms with Gasteiger partial charge in [-0.2, -0.15) is 5.26 Å². The van der Waals surface area contributed by atoms with Crippen LogP contribution in [0.1, 0.15) is 12.5 Å². The average Bonchev–Trinajstić information content (AvgIpc) is 2.36. The second-order valence-corrected chi connectivity index (χ2v) is 3.36. The Morgan fingerprint density at radius 3 is 2.61 bits per heavy atom. The Labute approximate surface area is 105 Å². The van der Waals surface area contributed by atoms with Gasteiger partial charge in [0.25, 0.3) is 0 Å². The fraction of sp³-hybridized carbons (Fsp3) is 0.143. The molecule has 0 aliphatic heterocycles. The summed E-state index contributed by atoms with van der Waals surface area (Å²) < 4.78 is 5.30. The minimum atomic E-state index is -1.23. The molecule has 0 heterocycles. The van der Waals surface area contributed by atoms with Gasteiger partial charge in [0.05, 0.1) is 6.61 Å². The molecule has 0 saturated heterocycles. The van der Waals surface area contributed by atoms with Crippen molar-refractivity contribution in [3.8, 4) is 11.8 Å². The third kappa shape index (κ3) is 4.14. The first-order chi connectivity index (χ1) is 8.67. The standard InChI is InChI=1S/C14H13NO3/c1-2-18-13-8-6-11(7-9-13)4-3-5-12(10-15)14(16)17/h3-9H,2H2,1H3,(H,16,17)/b4-3+,12-5+. The van der Waals surface area contributed by atoms with Crippen molar-refractivity contribution in [3.05, 3.63) is 47.6 Å². The maximum absolute atomic E-state index is 10.5. The van der Waals surface area contributed by atoms with Crippen molar-refractivity contribution in [1.29, 1.82) is 5.26 Å². The minimum absolute atomic E-state index is 0.294. The Morgan fingerprint density at radius 2 is 2.11 bits per heavy atom. The van der Waals surface area contributed by atoms with Gasteiger partial charge in [-0.25, -0.2) is 4.79 Å². The smallest absolute Gasteiger partial charge is 0.346 e. The molecule has 1 aromatic rings. The van der Waals surface area contributed by atoms with Gasteiger partial charge in [0.2, 0.25) is 0 Å². The van der Waals surface area contributed by atoms with Gasteiger partial charge in [0.15, 0.2) is 0 Å². The van der Waals surface area contributed by atoms with Gasteiger partial charge < -0.3 is 9.84 Å². The second-order valence-electron chi connectivity index (χ2n) is 3.36. The van der Waals surface area contributed by atoms with Crippen LogP contribution in [-0.4, -0.2) is 17.7 Å². The highest BCUT2D eigenvalue weighted by Crippen LogP contribution is 2.13. The van der Waals surface area contributed by atoms with Crippen LogP contribution in [0.25, 0.3) is 6.08 Å². The number of aliphatic carboxylic acids is 1. The van der Waals surface area contributed by atoms with Gasteiger partial charge in [-0.05, 0) is 30.7 Å². The van der Waals surface area contributed by atoms with E-state index in [9.17, 15) is 4.79 Å². The molecule has 4 heteroatoms. The molecule has 92 valence electrons. The zero-order valence-electron chi connectivity index (χ0n) is 9.96. The molecule has 0 amide bonds. The topological polar surface area (TPSA) is 70.3 Å². The van der Waals surface area contributed by atoms with E-state index in [-0.39, 0.29) is 5.57 Å². The van der Waals surface area contributed by atoms with E-state index in [2.05, 4.69) is 0 Å². The summed E-state index contributed by atoms with van der Waals surface area (Å²) in [4.78, 5) is 10.5. The molecule has 0 bridgehead atoms. The van der Waals surface area contributed by atoms with Crippen molar-refractivity contribution in [2.75, 3.05) is 6.61 Å². The monoisotopic (exact) mass is 243 g/mol. The number of carbonyl (C=O) groups is 1. The Hall–Kier alpha value is -2.54. The van der Waals surface area contributed by atoms with Crippen LogP contribution in [0.15, 0.2) is 42.0 Å². The van der Waals surface area contributed by atoms with Crippen LogP contribution in [0.4, 0.5) is 0 Å². The number of nitrogens with zero attached hydrogens (tertiary/aromatic N) is 1. The molecule has 0 radical (unpaired) electrons. The number of hydrogen-bond donors (Lipinski definition) is 1. The van der Waals surface area contributed by atoms with E-state index in [1.54, 1.807) is 12.1 Å². The summed E-state index contributed by atoms with van der Waals surface area (Å²) >= 11 is 0. The number of carboxylic acids is 1. The summed E-state index contributed by atoms with van der Waals surface area (Å²) in [5.74, 6) is -0.442. The van der Waals surface area contributed by atoms with Crippen LogP contribution in [0, 0.1) is 11.3 Å². The highest BCUT2D eigenvalue weighted by Gasteiger charge is 2.02. The molecule has 0 aromatic heterocycles. The summed E-state index contributed by atoms with van der Waals surface area (Å²) in [5.41, 5.74) is 0.606. The lowest BCUT2D eigenvalue weighted by atomic mass is 10.2. The molecular formula is C14H13NO3. The van der Waals surface area contributed by atoms with E-state index in [1.165, 1.54) is 12.2 Å². The molecule has 0 atom stereocenters. The molecule has 0 fully saturated rings. The summed E-state index contributed by atoms with van der Waals surface area (Å²) in [5, 5.41) is 17.2. The van der Waals surface area contributed by atoms with Gasteiger partial charge >= 0.3 is 5.97 Å². The van der Waals surface area contributed by atoms with Gasteiger partial charge in [-0.3, -0.25) is 0 Å². The number of nitriles is 1. The van der Waals surface area contributed by atoms with Crippen molar-refractivity contribution in [2.45, 2.75) is 6.92 Å². The fourth-order valence-corrected chi connectivity index (χ4v) is 1.25. The molecule has 1 aromatic carbocycles. The van der Waals surface area contributed by atoms with Crippen LogP contribution < -0.4 is 4.74 Å². The van der Waals surface area contributed by atoms with E-state index in [1.807, 2.05) is 31.2 Å². The number of hydrogen-bond acceptors (Lipinski definition) is 3. The Balaban J connectivity index is 2.73. The Morgan fingerprint density at radius 1 is 1.44 bits per heavy atom. The van der Waals surface area contributed by atoms with E-state index in [0.29, 0.717) is 6.61 Å². The van der Waals surface area contributed by atoms with Gasteiger partial charge in [-0.1, -0.05) is 24.3 Å². The van der Waals surface area contributed by atoms with Crippen molar-refractivity contribution >= 4 is 12.0 Å². The lowest BCUT2D eigenvalue weighted by Gasteiger charge is -2.01. The number of carboxylic acid groups (broad SMARTS) is 1. The van der Waals surface area contributed by atoms with Crippen LogP contribution in [-0.2, 0) is 4.79 Å². The molecule has 1 rings (SSSR count). The third-order valence-electron chi connectivity index (χ3n) is 2.09. The molecule has 0 aliphatic rings. The largest absolute Gasteiger partial charge is 0.494 e. The summed E-state index contributed by atoms with van der Waals surface area (Å²) in [6, 6.07) is 8.96. The van der Waals surface area contributed by atoms with Gasteiger partial charge in [0.1, 0.15) is 17.4 Å². The van der Waals surface area contributed by atoms with Crippen LogP contribution >= 0.6 is 0 Å². The zero-order valence-corrected chi connectivity index (χ0v) is 9.96. The van der Waals surface area contributed by atoms with Crippen LogP contribution in [0.3, 0.4) is 0 Å². The fourth-order valence-electron chi connectivity index (χ4n) is 1.25. The van der Waals surface area contributed by atoms with Crippen molar-refractivity contribution in [3.63, 3.8) is 0 Å². The lowest BCUT2D eigenvalue weighted by Crippen LogP contribution is -1.96. The van der Waals surface area contributed by atoms with Gasteiger partial charge in [-0.15, -0.1) is 0 Å².